The first kappa shape index (κ1) is 22.0. The Morgan fingerprint density at radius 2 is 1.08 bits per heavy atom. The van der Waals surface area contributed by atoms with E-state index in [4.69, 9.17) is 5.73 Å². The van der Waals surface area contributed by atoms with Gasteiger partial charge < -0.3 is 5.32 Å². The van der Waals surface area contributed by atoms with Crippen molar-refractivity contribution < 1.29 is 0 Å². The highest BCUT2D eigenvalue weighted by Gasteiger charge is 1.95. The van der Waals surface area contributed by atoms with Gasteiger partial charge in [0.25, 0.3) is 0 Å². The summed E-state index contributed by atoms with van der Waals surface area (Å²) < 4.78 is 0. The molecule has 0 aliphatic carbocycles. The van der Waals surface area contributed by atoms with Crippen molar-refractivity contribution in [3.05, 3.63) is 29.8 Å². The lowest BCUT2D eigenvalue weighted by molar-refractivity contribution is 0.537. The van der Waals surface area contributed by atoms with Crippen LogP contribution in [0.15, 0.2) is 24.3 Å². The maximum absolute atomic E-state index is 7.32. The molecule has 0 spiro atoms. The van der Waals surface area contributed by atoms with Gasteiger partial charge in [0.15, 0.2) is 0 Å². The van der Waals surface area contributed by atoms with Gasteiger partial charge in [-0.2, -0.15) is 0 Å². The van der Waals surface area contributed by atoms with Crippen molar-refractivity contribution in [3.63, 3.8) is 0 Å². The van der Waals surface area contributed by atoms with Crippen LogP contribution in [0.4, 0.5) is 5.69 Å². The zero-order valence-electron chi connectivity index (χ0n) is 16.6. The van der Waals surface area contributed by atoms with Crippen molar-refractivity contribution in [2.45, 2.75) is 103 Å². The minimum absolute atomic E-state index is 0.374. The molecule has 0 unspecified atom stereocenters. The third-order valence-corrected chi connectivity index (χ3v) is 5.02. The standard InChI is InChI=1S/C23H41N2/c1-2-3-4-5-6-7-8-9-10-11-12-13-14-15-20-25-23-18-16-22(21-24)17-19-23/h16-19,24-25H,2-15,20-21H2,1H3. The van der Waals surface area contributed by atoms with Crippen molar-refractivity contribution in [1.82, 2.24) is 5.73 Å². The Bertz CT molecular complexity index is 386. The Morgan fingerprint density at radius 3 is 1.52 bits per heavy atom. The van der Waals surface area contributed by atoms with Crippen LogP contribution in [0.1, 0.15) is 102 Å². The Labute approximate surface area is 157 Å². The molecule has 143 valence electrons. The van der Waals surface area contributed by atoms with E-state index in [0.29, 0.717) is 6.54 Å². The molecular formula is C23H41N2. The molecule has 1 aromatic rings. The van der Waals surface area contributed by atoms with Gasteiger partial charge in [-0.3, -0.25) is 5.73 Å². The van der Waals surface area contributed by atoms with E-state index in [9.17, 15) is 0 Å². The normalized spacial score (nSPS) is 11.0. The van der Waals surface area contributed by atoms with Crippen molar-refractivity contribution in [3.8, 4) is 0 Å². The van der Waals surface area contributed by atoms with E-state index in [0.717, 1.165) is 12.1 Å². The van der Waals surface area contributed by atoms with E-state index in [-0.39, 0.29) is 0 Å². The fourth-order valence-electron chi connectivity index (χ4n) is 3.29. The third-order valence-electron chi connectivity index (χ3n) is 5.02. The van der Waals surface area contributed by atoms with Gasteiger partial charge in [0.2, 0.25) is 0 Å². The molecule has 0 bridgehead atoms. The highest BCUT2D eigenvalue weighted by Crippen LogP contribution is 2.13. The van der Waals surface area contributed by atoms with Gasteiger partial charge in [-0.25, -0.2) is 0 Å². The predicted octanol–water partition coefficient (Wildman–Crippen LogP) is 7.36. The zero-order valence-corrected chi connectivity index (χ0v) is 16.6. The number of unbranched alkanes of at least 4 members (excludes halogenated alkanes) is 13. The smallest absolute Gasteiger partial charge is 0.0351 e. The second-order valence-corrected chi connectivity index (χ2v) is 7.40. The van der Waals surface area contributed by atoms with Crippen LogP contribution in [-0.4, -0.2) is 6.54 Å². The van der Waals surface area contributed by atoms with Crippen molar-refractivity contribution in [2.75, 3.05) is 11.9 Å². The highest BCUT2D eigenvalue weighted by atomic mass is 14.9. The molecule has 0 saturated carbocycles. The monoisotopic (exact) mass is 345 g/mol. The van der Waals surface area contributed by atoms with Crippen molar-refractivity contribution in [1.29, 1.82) is 0 Å². The van der Waals surface area contributed by atoms with Gasteiger partial charge in [0.05, 0.1) is 0 Å². The lowest BCUT2D eigenvalue weighted by Gasteiger charge is -2.07. The summed E-state index contributed by atoms with van der Waals surface area (Å²) in [5, 5.41) is 3.48. The van der Waals surface area contributed by atoms with Gasteiger partial charge in [-0.15, -0.1) is 0 Å². The highest BCUT2D eigenvalue weighted by molar-refractivity contribution is 5.44. The van der Waals surface area contributed by atoms with Crippen LogP contribution >= 0.6 is 0 Å². The van der Waals surface area contributed by atoms with Gasteiger partial charge in [0.1, 0.15) is 0 Å². The Balaban J connectivity index is 1.78. The van der Waals surface area contributed by atoms with Crippen LogP contribution in [0.5, 0.6) is 0 Å². The van der Waals surface area contributed by atoms with Crippen LogP contribution in [0.3, 0.4) is 0 Å². The molecule has 0 atom stereocenters. The number of benzene rings is 1. The molecule has 0 heterocycles. The van der Waals surface area contributed by atoms with Crippen LogP contribution in [0, 0.1) is 0 Å². The first-order valence-electron chi connectivity index (χ1n) is 10.8. The summed E-state index contributed by atoms with van der Waals surface area (Å²) in [7, 11) is 0. The Morgan fingerprint density at radius 1 is 0.640 bits per heavy atom. The molecule has 0 aromatic heterocycles. The number of hydrogen-bond donors (Lipinski definition) is 1. The van der Waals surface area contributed by atoms with E-state index in [2.05, 4.69) is 24.4 Å². The number of anilines is 1. The van der Waals surface area contributed by atoms with Crippen LogP contribution < -0.4 is 11.1 Å². The maximum Gasteiger partial charge on any atom is 0.0351 e. The quantitative estimate of drug-likeness (QED) is 0.294. The predicted molar refractivity (Wildman–Crippen MR) is 112 cm³/mol. The molecule has 0 aliphatic rings. The zero-order chi connectivity index (χ0) is 18.0. The molecular weight excluding hydrogens is 304 g/mol. The largest absolute Gasteiger partial charge is 0.385 e. The van der Waals surface area contributed by atoms with Crippen LogP contribution in [0.2, 0.25) is 0 Å². The lowest BCUT2D eigenvalue weighted by Crippen LogP contribution is -2.01. The fraction of sp³-hybridized carbons (Fsp3) is 0.739. The molecule has 0 fully saturated rings. The topological polar surface area (TPSA) is 35.8 Å². The second-order valence-electron chi connectivity index (χ2n) is 7.40. The number of nitrogens with one attached hydrogen (secondary N) is 2. The summed E-state index contributed by atoms with van der Waals surface area (Å²) in [5.41, 5.74) is 9.59. The average Bonchev–Trinajstić information content (AvgIpc) is 2.65. The molecule has 2 nitrogen and oxygen atoms in total. The molecule has 0 amide bonds. The average molecular weight is 346 g/mol. The summed E-state index contributed by atoms with van der Waals surface area (Å²) >= 11 is 0. The molecule has 2 heteroatoms. The molecule has 2 N–H and O–H groups in total. The van der Waals surface area contributed by atoms with Gasteiger partial charge in [-0.1, -0.05) is 103 Å². The number of rotatable bonds is 17. The molecule has 0 aliphatic heterocycles. The first-order valence-corrected chi connectivity index (χ1v) is 10.8. The lowest BCUT2D eigenvalue weighted by atomic mass is 10.0. The fourth-order valence-corrected chi connectivity index (χ4v) is 3.29. The maximum atomic E-state index is 7.32. The number of hydrogen-bond acceptors (Lipinski definition) is 1. The molecule has 1 rings (SSSR count). The third kappa shape index (κ3) is 12.9. The van der Waals surface area contributed by atoms with Crippen molar-refractivity contribution >= 4 is 5.69 Å². The summed E-state index contributed by atoms with van der Waals surface area (Å²) in [6.45, 7) is 3.73. The van der Waals surface area contributed by atoms with Crippen LogP contribution in [-0.2, 0) is 6.54 Å². The van der Waals surface area contributed by atoms with E-state index in [1.54, 1.807) is 0 Å². The van der Waals surface area contributed by atoms with E-state index in [1.165, 1.54) is 95.6 Å². The van der Waals surface area contributed by atoms with E-state index in [1.807, 2.05) is 12.1 Å². The van der Waals surface area contributed by atoms with Gasteiger partial charge in [-0.05, 0) is 24.1 Å². The first-order chi connectivity index (χ1) is 12.4. The summed E-state index contributed by atoms with van der Waals surface area (Å²) in [6, 6.07) is 8.27. The van der Waals surface area contributed by atoms with Gasteiger partial charge in [0, 0.05) is 18.8 Å². The minimum atomic E-state index is 0.374. The molecule has 25 heavy (non-hydrogen) atoms. The SMILES string of the molecule is CCCCCCCCCCCCCCCCNc1ccc(C[NH])cc1. The molecule has 1 radical (unpaired) electrons. The second kappa shape index (κ2) is 16.4. The van der Waals surface area contributed by atoms with E-state index < -0.39 is 0 Å². The van der Waals surface area contributed by atoms with E-state index >= 15 is 0 Å². The summed E-state index contributed by atoms with van der Waals surface area (Å²) in [5.74, 6) is 0. The van der Waals surface area contributed by atoms with Crippen LogP contribution in [0.25, 0.3) is 0 Å². The minimum Gasteiger partial charge on any atom is -0.385 e. The summed E-state index contributed by atoms with van der Waals surface area (Å²) in [4.78, 5) is 0. The molecule has 0 saturated heterocycles. The Kier molecular flexibility index (Phi) is 14.5. The van der Waals surface area contributed by atoms with Gasteiger partial charge >= 0.3 is 0 Å². The summed E-state index contributed by atoms with van der Waals surface area (Å²) in [6.07, 6.45) is 19.8. The van der Waals surface area contributed by atoms with Crippen molar-refractivity contribution in [2.24, 2.45) is 0 Å². The Hall–Kier alpha value is -1.02. The molecule has 1 aromatic carbocycles.